The molecule has 2 amide bonds. The van der Waals surface area contributed by atoms with E-state index in [1.165, 1.54) is 0 Å². The van der Waals surface area contributed by atoms with Crippen molar-refractivity contribution in [3.63, 3.8) is 0 Å². The average Bonchev–Trinajstić information content (AvgIpc) is 1.81. The van der Waals surface area contributed by atoms with Crippen LogP contribution in [0.2, 0.25) is 0 Å². The normalized spacial score (nSPS) is 8.82. The van der Waals surface area contributed by atoms with Gasteiger partial charge in [0.1, 0.15) is 6.54 Å². The number of rotatable bonds is 2. The molecular formula is C5H7NO5. The maximum atomic E-state index is 10.4. The highest BCUT2D eigenvalue weighted by Crippen LogP contribution is 1.89. The van der Waals surface area contributed by atoms with Gasteiger partial charge in [0.25, 0.3) is 0 Å². The van der Waals surface area contributed by atoms with E-state index in [1.54, 1.807) is 0 Å². The van der Waals surface area contributed by atoms with Crippen LogP contribution < -0.4 is 0 Å². The van der Waals surface area contributed by atoms with Crippen molar-refractivity contribution in [2.75, 3.05) is 6.54 Å². The van der Waals surface area contributed by atoms with Crippen LogP contribution in [-0.4, -0.2) is 39.6 Å². The van der Waals surface area contributed by atoms with E-state index >= 15 is 0 Å². The highest BCUT2D eigenvalue weighted by molar-refractivity contribution is 5.93. The molecule has 0 bridgehead atoms. The fourth-order valence-corrected chi connectivity index (χ4v) is 0.449. The van der Waals surface area contributed by atoms with Crippen molar-refractivity contribution in [2.24, 2.45) is 0 Å². The number of carboxylic acid groups (broad SMARTS) is 2. The van der Waals surface area contributed by atoms with Crippen LogP contribution in [0.3, 0.4) is 0 Å². The van der Waals surface area contributed by atoms with Crippen LogP contribution in [0, 0.1) is 0 Å². The maximum Gasteiger partial charge on any atom is 0.414 e. The van der Waals surface area contributed by atoms with Gasteiger partial charge in [-0.1, -0.05) is 0 Å². The second-order valence-electron chi connectivity index (χ2n) is 1.78. The smallest absolute Gasteiger partial charge is 0.414 e. The molecule has 0 fully saturated rings. The largest absolute Gasteiger partial charge is 0.480 e. The summed E-state index contributed by atoms with van der Waals surface area (Å²) >= 11 is 0. The lowest BCUT2D eigenvalue weighted by Gasteiger charge is -2.10. The highest BCUT2D eigenvalue weighted by Gasteiger charge is 2.18. The zero-order valence-corrected chi connectivity index (χ0v) is 5.77. The van der Waals surface area contributed by atoms with E-state index < -0.39 is 24.5 Å². The zero-order chi connectivity index (χ0) is 9.02. The number of carbonyl (C=O) groups is 3. The number of carbonyl (C=O) groups excluding carboxylic acids is 1. The third-order valence-electron chi connectivity index (χ3n) is 0.904. The molecule has 0 aliphatic rings. The van der Waals surface area contributed by atoms with Crippen LogP contribution in [0.1, 0.15) is 6.92 Å². The fourth-order valence-electron chi connectivity index (χ4n) is 0.449. The second-order valence-corrected chi connectivity index (χ2v) is 1.78. The summed E-state index contributed by atoms with van der Waals surface area (Å²) in [5.74, 6) is -2.16. The van der Waals surface area contributed by atoms with Crippen molar-refractivity contribution < 1.29 is 24.6 Å². The molecule has 0 radical (unpaired) electrons. The fraction of sp³-hybridized carbons (Fsp3) is 0.400. The molecule has 0 unspecified atom stereocenters. The minimum atomic E-state index is -1.56. The topological polar surface area (TPSA) is 94.9 Å². The Morgan fingerprint density at radius 3 is 1.82 bits per heavy atom. The van der Waals surface area contributed by atoms with Gasteiger partial charge in [-0.3, -0.25) is 9.59 Å². The van der Waals surface area contributed by atoms with Crippen molar-refractivity contribution in [3.8, 4) is 0 Å². The molecule has 0 aromatic heterocycles. The third kappa shape index (κ3) is 3.19. The third-order valence-corrected chi connectivity index (χ3v) is 0.904. The lowest BCUT2D eigenvalue weighted by atomic mass is 10.5. The predicted molar refractivity (Wildman–Crippen MR) is 33.0 cm³/mol. The molecule has 2 N–H and O–H groups in total. The van der Waals surface area contributed by atoms with Crippen LogP contribution in [0.25, 0.3) is 0 Å². The van der Waals surface area contributed by atoms with Crippen molar-refractivity contribution >= 4 is 18.0 Å². The number of amides is 2. The van der Waals surface area contributed by atoms with Crippen LogP contribution in [0.4, 0.5) is 4.79 Å². The molecule has 11 heavy (non-hydrogen) atoms. The number of carboxylic acids is 1. The first-order chi connectivity index (χ1) is 4.95. The average molecular weight is 161 g/mol. The van der Waals surface area contributed by atoms with Gasteiger partial charge in [0, 0.05) is 6.92 Å². The molecule has 0 aromatic carbocycles. The van der Waals surface area contributed by atoms with Crippen LogP contribution in [-0.2, 0) is 9.59 Å². The summed E-state index contributed by atoms with van der Waals surface area (Å²) < 4.78 is 0. The minimum Gasteiger partial charge on any atom is -0.480 e. The highest BCUT2D eigenvalue weighted by atomic mass is 16.4. The molecule has 0 aliphatic heterocycles. The van der Waals surface area contributed by atoms with E-state index in [2.05, 4.69) is 0 Å². The Balaban J connectivity index is 4.23. The number of nitrogens with zero attached hydrogens (tertiary/aromatic N) is 1. The van der Waals surface area contributed by atoms with Gasteiger partial charge in [-0.05, 0) is 0 Å². The van der Waals surface area contributed by atoms with Crippen molar-refractivity contribution in [3.05, 3.63) is 0 Å². The van der Waals surface area contributed by atoms with Crippen molar-refractivity contribution in [2.45, 2.75) is 6.92 Å². The van der Waals surface area contributed by atoms with Crippen molar-refractivity contribution in [1.29, 1.82) is 0 Å². The van der Waals surface area contributed by atoms with Crippen LogP contribution in [0.15, 0.2) is 0 Å². The summed E-state index contributed by atoms with van der Waals surface area (Å²) in [6.07, 6.45) is -1.56. The Labute approximate surface area is 62.0 Å². The summed E-state index contributed by atoms with van der Waals surface area (Å²) in [4.78, 5) is 30.7. The molecule has 0 saturated heterocycles. The Morgan fingerprint density at radius 1 is 1.27 bits per heavy atom. The Hall–Kier alpha value is -1.59. The second kappa shape index (κ2) is 3.55. The van der Waals surface area contributed by atoms with Crippen LogP contribution in [0.5, 0.6) is 0 Å². The molecule has 0 rings (SSSR count). The first-order valence-electron chi connectivity index (χ1n) is 2.68. The Kier molecular flexibility index (Phi) is 3.03. The van der Waals surface area contributed by atoms with Gasteiger partial charge in [0.2, 0.25) is 5.91 Å². The quantitative estimate of drug-likeness (QED) is 0.574. The predicted octanol–water partition coefficient (Wildman–Crippen LogP) is -0.402. The summed E-state index contributed by atoms with van der Waals surface area (Å²) in [5.41, 5.74) is 0. The molecule has 0 atom stereocenters. The van der Waals surface area contributed by atoms with E-state index in [0.29, 0.717) is 0 Å². The number of hydrogen-bond acceptors (Lipinski definition) is 3. The van der Waals surface area contributed by atoms with Gasteiger partial charge < -0.3 is 10.2 Å². The Morgan fingerprint density at radius 2 is 1.73 bits per heavy atom. The van der Waals surface area contributed by atoms with Gasteiger partial charge in [0.05, 0.1) is 0 Å². The molecular weight excluding hydrogens is 154 g/mol. The molecule has 62 valence electrons. The molecule has 0 saturated carbocycles. The molecule has 0 spiro atoms. The van der Waals surface area contributed by atoms with E-state index in [9.17, 15) is 14.4 Å². The first kappa shape index (κ1) is 9.41. The molecule has 0 aliphatic carbocycles. The summed E-state index contributed by atoms with van der Waals surface area (Å²) in [6, 6.07) is 0. The summed E-state index contributed by atoms with van der Waals surface area (Å²) in [7, 11) is 0. The minimum absolute atomic E-state index is 0.211. The first-order valence-corrected chi connectivity index (χ1v) is 2.68. The standard InChI is InChI=1S/C5H7NO5/c1-3(7)6(5(10)11)2-4(8)9/h2H2,1H3,(H,8,9)(H,10,11). The number of hydrogen-bond donors (Lipinski definition) is 2. The number of aliphatic carboxylic acids is 1. The van der Waals surface area contributed by atoms with E-state index in [4.69, 9.17) is 10.2 Å². The van der Waals surface area contributed by atoms with Gasteiger partial charge >= 0.3 is 12.1 Å². The molecule has 6 heteroatoms. The Bertz CT molecular complexity index is 185. The summed E-state index contributed by atoms with van der Waals surface area (Å²) in [5, 5.41) is 16.4. The lowest BCUT2D eigenvalue weighted by Crippen LogP contribution is -2.37. The number of imide groups is 1. The van der Waals surface area contributed by atoms with Gasteiger partial charge in [-0.25, -0.2) is 9.69 Å². The van der Waals surface area contributed by atoms with E-state index in [1.807, 2.05) is 0 Å². The molecule has 0 heterocycles. The molecule has 0 aromatic rings. The summed E-state index contributed by atoms with van der Waals surface area (Å²) in [6.45, 7) is 0.168. The zero-order valence-electron chi connectivity index (χ0n) is 5.77. The van der Waals surface area contributed by atoms with Crippen LogP contribution >= 0.6 is 0 Å². The van der Waals surface area contributed by atoms with Gasteiger partial charge in [-0.15, -0.1) is 0 Å². The van der Waals surface area contributed by atoms with Gasteiger partial charge in [-0.2, -0.15) is 0 Å². The van der Waals surface area contributed by atoms with Crippen molar-refractivity contribution in [1.82, 2.24) is 4.90 Å². The monoisotopic (exact) mass is 161 g/mol. The maximum absolute atomic E-state index is 10.4. The SMILES string of the molecule is CC(=O)N(CC(=O)O)C(=O)O. The van der Waals surface area contributed by atoms with E-state index in [-0.39, 0.29) is 4.90 Å². The van der Waals surface area contributed by atoms with Gasteiger partial charge in [0.15, 0.2) is 0 Å². The molecule has 6 nitrogen and oxygen atoms in total. The van der Waals surface area contributed by atoms with E-state index in [0.717, 1.165) is 6.92 Å². The lowest BCUT2D eigenvalue weighted by molar-refractivity contribution is -0.142.